The predicted octanol–water partition coefficient (Wildman–Crippen LogP) is 0.643. The minimum atomic E-state index is -1.38. The molecule has 0 saturated carbocycles. The van der Waals surface area contributed by atoms with Crippen molar-refractivity contribution in [1.82, 2.24) is 0 Å². The molecule has 1 aromatic rings. The largest absolute Gasteiger partial charge is 0.496 e. The Morgan fingerprint density at radius 1 is 1.41 bits per heavy atom. The second-order valence-corrected chi connectivity index (χ2v) is 3.39. The van der Waals surface area contributed by atoms with Crippen molar-refractivity contribution in [3.63, 3.8) is 0 Å². The summed E-state index contributed by atoms with van der Waals surface area (Å²) in [6.45, 7) is 0. The molecule has 6 nitrogen and oxygen atoms in total. The van der Waals surface area contributed by atoms with E-state index in [1.165, 1.54) is 26.4 Å². The standard InChI is InChI=1S/C11H10O6/c1-15-7-4-5(9(12)16-2)3-6-8(7)11(14)17-10(6)13/h3-4,10,13H,1-2H3. The predicted molar refractivity (Wildman–Crippen MR) is 54.7 cm³/mol. The summed E-state index contributed by atoms with van der Waals surface area (Å²) in [6.07, 6.45) is -1.38. The molecule has 1 atom stereocenters. The molecule has 0 spiro atoms. The average molecular weight is 238 g/mol. The SMILES string of the molecule is COC(=O)c1cc(OC)c2c(c1)C(O)OC2=O. The van der Waals surface area contributed by atoms with Crippen LogP contribution in [-0.4, -0.2) is 31.3 Å². The van der Waals surface area contributed by atoms with Gasteiger partial charge in [0.15, 0.2) is 0 Å². The van der Waals surface area contributed by atoms with E-state index >= 15 is 0 Å². The molecule has 1 N–H and O–H groups in total. The number of hydrogen-bond donors (Lipinski definition) is 1. The van der Waals surface area contributed by atoms with Gasteiger partial charge in [-0.25, -0.2) is 9.59 Å². The summed E-state index contributed by atoms with van der Waals surface area (Å²) in [5.41, 5.74) is 0.517. The second kappa shape index (κ2) is 4.06. The van der Waals surface area contributed by atoms with E-state index in [2.05, 4.69) is 9.47 Å². The topological polar surface area (TPSA) is 82.1 Å². The van der Waals surface area contributed by atoms with E-state index in [1.807, 2.05) is 0 Å². The van der Waals surface area contributed by atoms with Crippen molar-refractivity contribution < 1.29 is 28.9 Å². The molecule has 0 aromatic heterocycles. The van der Waals surface area contributed by atoms with Gasteiger partial charge in [0.2, 0.25) is 6.29 Å². The van der Waals surface area contributed by atoms with Gasteiger partial charge in [0.1, 0.15) is 11.3 Å². The first-order chi connectivity index (χ1) is 8.08. The van der Waals surface area contributed by atoms with E-state index in [-0.39, 0.29) is 22.4 Å². The number of ether oxygens (including phenoxy) is 3. The number of benzene rings is 1. The normalized spacial score (nSPS) is 17.4. The molecule has 6 heteroatoms. The van der Waals surface area contributed by atoms with Crippen LogP contribution >= 0.6 is 0 Å². The van der Waals surface area contributed by atoms with Crippen molar-refractivity contribution in [3.8, 4) is 5.75 Å². The van der Waals surface area contributed by atoms with E-state index in [1.54, 1.807) is 0 Å². The zero-order chi connectivity index (χ0) is 12.6. The van der Waals surface area contributed by atoms with Gasteiger partial charge in [-0.15, -0.1) is 0 Å². The maximum Gasteiger partial charge on any atom is 0.345 e. The van der Waals surface area contributed by atoms with Gasteiger partial charge in [0, 0.05) is 5.56 Å². The van der Waals surface area contributed by atoms with Crippen LogP contribution in [0.3, 0.4) is 0 Å². The average Bonchev–Trinajstić information content (AvgIpc) is 2.63. The molecule has 90 valence electrons. The fourth-order valence-electron chi connectivity index (χ4n) is 1.67. The monoisotopic (exact) mass is 238 g/mol. The number of aliphatic hydroxyl groups excluding tert-OH is 1. The molecule has 0 fully saturated rings. The first kappa shape index (κ1) is 11.4. The Morgan fingerprint density at radius 3 is 2.71 bits per heavy atom. The van der Waals surface area contributed by atoms with Crippen LogP contribution in [-0.2, 0) is 9.47 Å². The lowest BCUT2D eigenvalue weighted by Gasteiger charge is -2.07. The van der Waals surface area contributed by atoms with Crippen molar-refractivity contribution in [2.24, 2.45) is 0 Å². The molecule has 1 aliphatic heterocycles. The molecule has 0 amide bonds. The van der Waals surface area contributed by atoms with Crippen LogP contribution in [0.15, 0.2) is 12.1 Å². The summed E-state index contributed by atoms with van der Waals surface area (Å²) < 4.78 is 14.2. The molecule has 17 heavy (non-hydrogen) atoms. The molecule has 0 saturated heterocycles. The van der Waals surface area contributed by atoms with Crippen LogP contribution < -0.4 is 4.74 Å². The van der Waals surface area contributed by atoms with Crippen LogP contribution in [0, 0.1) is 0 Å². The van der Waals surface area contributed by atoms with Crippen molar-refractivity contribution >= 4 is 11.9 Å². The lowest BCUT2D eigenvalue weighted by molar-refractivity contribution is -0.0547. The first-order valence-electron chi connectivity index (χ1n) is 4.77. The fourth-order valence-corrected chi connectivity index (χ4v) is 1.67. The Morgan fingerprint density at radius 2 is 2.12 bits per heavy atom. The van der Waals surface area contributed by atoms with E-state index in [4.69, 9.17) is 4.74 Å². The van der Waals surface area contributed by atoms with Crippen molar-refractivity contribution in [2.75, 3.05) is 14.2 Å². The summed E-state index contributed by atoms with van der Waals surface area (Å²) in [5.74, 6) is -1.09. The Balaban J connectivity index is 2.61. The smallest absolute Gasteiger partial charge is 0.345 e. The van der Waals surface area contributed by atoms with Crippen molar-refractivity contribution in [1.29, 1.82) is 0 Å². The van der Waals surface area contributed by atoms with Crippen LogP contribution in [0.2, 0.25) is 0 Å². The number of carbonyl (C=O) groups is 2. The maximum atomic E-state index is 11.4. The van der Waals surface area contributed by atoms with Crippen molar-refractivity contribution in [3.05, 3.63) is 28.8 Å². The molecular formula is C11H10O6. The summed E-state index contributed by atoms with van der Waals surface area (Å²) in [4.78, 5) is 22.8. The minimum absolute atomic E-state index is 0.132. The highest BCUT2D eigenvalue weighted by atomic mass is 16.6. The van der Waals surface area contributed by atoms with Gasteiger partial charge in [-0.1, -0.05) is 0 Å². The summed E-state index contributed by atoms with van der Waals surface area (Å²) in [5, 5.41) is 9.50. The highest BCUT2D eigenvalue weighted by Gasteiger charge is 2.34. The van der Waals surface area contributed by atoms with Gasteiger partial charge in [0.25, 0.3) is 0 Å². The van der Waals surface area contributed by atoms with Crippen molar-refractivity contribution in [2.45, 2.75) is 6.29 Å². The Hall–Kier alpha value is -2.08. The molecule has 1 heterocycles. The Labute approximate surface area is 96.7 Å². The number of aliphatic hydroxyl groups is 1. The molecule has 0 bridgehead atoms. The zero-order valence-electron chi connectivity index (χ0n) is 9.22. The van der Waals surface area contributed by atoms with E-state index in [0.717, 1.165) is 0 Å². The van der Waals surface area contributed by atoms with E-state index < -0.39 is 18.2 Å². The molecule has 1 aromatic carbocycles. The van der Waals surface area contributed by atoms with Gasteiger partial charge in [-0.3, -0.25) is 0 Å². The third-order valence-electron chi connectivity index (χ3n) is 2.46. The van der Waals surface area contributed by atoms with E-state index in [9.17, 15) is 14.7 Å². The number of carbonyl (C=O) groups excluding carboxylic acids is 2. The third kappa shape index (κ3) is 1.72. The fraction of sp³-hybridized carbons (Fsp3) is 0.273. The van der Waals surface area contributed by atoms with Crippen LogP contribution in [0.5, 0.6) is 5.75 Å². The van der Waals surface area contributed by atoms with Gasteiger partial charge < -0.3 is 19.3 Å². The maximum absolute atomic E-state index is 11.4. The summed E-state index contributed by atoms with van der Waals surface area (Å²) in [7, 11) is 2.59. The Bertz CT molecular complexity index is 493. The second-order valence-electron chi connectivity index (χ2n) is 3.39. The zero-order valence-corrected chi connectivity index (χ0v) is 9.22. The van der Waals surface area contributed by atoms with Gasteiger partial charge in [0.05, 0.1) is 19.8 Å². The molecule has 0 radical (unpaired) electrons. The highest BCUT2D eigenvalue weighted by Crippen LogP contribution is 2.36. The third-order valence-corrected chi connectivity index (χ3v) is 2.46. The molecule has 0 aliphatic carbocycles. The quantitative estimate of drug-likeness (QED) is 0.761. The van der Waals surface area contributed by atoms with Crippen LogP contribution in [0.1, 0.15) is 32.6 Å². The first-order valence-corrected chi connectivity index (χ1v) is 4.77. The lowest BCUT2D eigenvalue weighted by atomic mass is 10.0. The number of fused-ring (bicyclic) bond motifs is 1. The number of hydrogen-bond acceptors (Lipinski definition) is 6. The summed E-state index contributed by atoms with van der Waals surface area (Å²) >= 11 is 0. The Kier molecular flexibility index (Phi) is 2.72. The lowest BCUT2D eigenvalue weighted by Crippen LogP contribution is -2.05. The molecule has 1 aliphatic rings. The molecular weight excluding hydrogens is 228 g/mol. The molecule has 1 unspecified atom stereocenters. The van der Waals surface area contributed by atoms with Crippen LogP contribution in [0.4, 0.5) is 0 Å². The number of methoxy groups -OCH3 is 2. The van der Waals surface area contributed by atoms with Gasteiger partial charge in [-0.05, 0) is 12.1 Å². The number of rotatable bonds is 2. The molecule has 2 rings (SSSR count). The van der Waals surface area contributed by atoms with Crippen LogP contribution in [0.25, 0.3) is 0 Å². The van der Waals surface area contributed by atoms with Gasteiger partial charge in [-0.2, -0.15) is 0 Å². The number of cyclic esters (lactones) is 1. The van der Waals surface area contributed by atoms with E-state index in [0.29, 0.717) is 0 Å². The van der Waals surface area contributed by atoms with Gasteiger partial charge >= 0.3 is 11.9 Å². The minimum Gasteiger partial charge on any atom is -0.496 e. The summed E-state index contributed by atoms with van der Waals surface area (Å²) in [6, 6.07) is 2.71. The highest BCUT2D eigenvalue weighted by molar-refractivity contribution is 5.99. The number of esters is 2.